The van der Waals surface area contributed by atoms with E-state index in [2.05, 4.69) is 0 Å². The molecule has 1 radical (unpaired) electrons. The zero-order valence-electron chi connectivity index (χ0n) is 10.8. The normalized spacial score (nSPS) is 10.9. The highest BCUT2D eigenvalue weighted by Gasteiger charge is 2.11. The van der Waals surface area contributed by atoms with Crippen LogP contribution in [0.1, 0.15) is 40.2 Å². The first-order valence-corrected chi connectivity index (χ1v) is 5.80. The van der Waals surface area contributed by atoms with E-state index in [1.807, 2.05) is 59.2 Å². The van der Waals surface area contributed by atoms with Crippen LogP contribution in [0.2, 0.25) is 0 Å². The summed E-state index contributed by atoms with van der Waals surface area (Å²) in [6.07, 6.45) is 2.37. The lowest BCUT2D eigenvalue weighted by atomic mass is 10.1. The molecule has 0 aliphatic carbocycles. The summed E-state index contributed by atoms with van der Waals surface area (Å²) in [6.45, 7) is 10.1. The van der Waals surface area contributed by atoms with Crippen molar-refractivity contribution in [3.63, 3.8) is 0 Å². The molecule has 0 bridgehead atoms. The van der Waals surface area contributed by atoms with Crippen molar-refractivity contribution in [2.45, 2.75) is 46.8 Å². The van der Waals surface area contributed by atoms with Crippen molar-refractivity contribution in [2.75, 3.05) is 0 Å². The molecule has 0 aromatic heterocycles. The highest BCUT2D eigenvalue weighted by Crippen LogP contribution is 2.31. The van der Waals surface area contributed by atoms with Crippen LogP contribution in [-0.4, -0.2) is 12.2 Å². The molecule has 0 saturated heterocycles. The quantitative estimate of drug-likeness (QED) is 0.752. The van der Waals surface area contributed by atoms with Gasteiger partial charge in [0.1, 0.15) is 11.5 Å². The lowest BCUT2D eigenvalue weighted by molar-refractivity contribution is 0.227. The summed E-state index contributed by atoms with van der Waals surface area (Å²) in [7, 11) is 0. The summed E-state index contributed by atoms with van der Waals surface area (Å²) in [4.78, 5) is 0. The van der Waals surface area contributed by atoms with Gasteiger partial charge in [-0.15, -0.1) is 0 Å². The van der Waals surface area contributed by atoms with E-state index >= 15 is 0 Å². The molecule has 0 N–H and O–H groups in total. The van der Waals surface area contributed by atoms with Crippen molar-refractivity contribution in [3.8, 4) is 11.5 Å². The van der Waals surface area contributed by atoms with Crippen LogP contribution in [0.5, 0.6) is 11.5 Å². The van der Waals surface area contributed by atoms with E-state index in [-0.39, 0.29) is 12.2 Å². The van der Waals surface area contributed by atoms with Crippen molar-refractivity contribution >= 4 is 0 Å². The first kappa shape index (κ1) is 12.9. The number of hydrogen-bond donors (Lipinski definition) is 0. The van der Waals surface area contributed by atoms with Gasteiger partial charge in [0.15, 0.2) is 0 Å². The van der Waals surface area contributed by atoms with Crippen LogP contribution in [0.25, 0.3) is 0 Å². The summed E-state index contributed by atoms with van der Waals surface area (Å²) >= 11 is 0. The van der Waals surface area contributed by atoms with Crippen LogP contribution in [0.3, 0.4) is 0 Å². The molecule has 0 atom stereocenters. The Morgan fingerprint density at radius 2 is 1.38 bits per heavy atom. The Balaban J connectivity index is 3.00. The minimum Gasteiger partial charge on any atom is -0.491 e. The molecule has 0 unspecified atom stereocenters. The van der Waals surface area contributed by atoms with Crippen LogP contribution in [0.4, 0.5) is 0 Å². The summed E-state index contributed by atoms with van der Waals surface area (Å²) in [6, 6.07) is 5.91. The van der Waals surface area contributed by atoms with E-state index in [1.54, 1.807) is 0 Å². The monoisotopic (exact) mass is 221 g/mol. The maximum atomic E-state index is 5.75. The van der Waals surface area contributed by atoms with E-state index in [9.17, 15) is 0 Å². The van der Waals surface area contributed by atoms with Gasteiger partial charge in [0.2, 0.25) is 0 Å². The highest BCUT2D eigenvalue weighted by atomic mass is 16.5. The van der Waals surface area contributed by atoms with Crippen LogP contribution in [-0.2, 0) is 0 Å². The molecule has 0 fully saturated rings. The molecule has 89 valence electrons. The second kappa shape index (κ2) is 5.78. The van der Waals surface area contributed by atoms with Crippen LogP contribution in [0.15, 0.2) is 18.2 Å². The van der Waals surface area contributed by atoms with E-state index in [1.165, 1.54) is 0 Å². The van der Waals surface area contributed by atoms with E-state index in [4.69, 9.17) is 9.47 Å². The molecule has 16 heavy (non-hydrogen) atoms. The zero-order valence-corrected chi connectivity index (χ0v) is 10.8. The number of benzene rings is 1. The second-order valence-electron chi connectivity index (χ2n) is 4.29. The number of ether oxygens (including phenoxy) is 2. The van der Waals surface area contributed by atoms with Gasteiger partial charge in [-0.3, -0.25) is 0 Å². The predicted molar refractivity (Wildman–Crippen MR) is 67.0 cm³/mol. The van der Waals surface area contributed by atoms with E-state index in [0.29, 0.717) is 0 Å². The zero-order chi connectivity index (χ0) is 12.1. The molecule has 0 amide bonds. The minimum atomic E-state index is 0.174. The Morgan fingerprint density at radius 3 is 1.69 bits per heavy atom. The van der Waals surface area contributed by atoms with E-state index in [0.717, 1.165) is 17.1 Å². The molecular weight excluding hydrogens is 200 g/mol. The van der Waals surface area contributed by atoms with Gasteiger partial charge in [-0.25, -0.2) is 0 Å². The smallest absolute Gasteiger partial charge is 0.126 e. The summed E-state index contributed by atoms with van der Waals surface area (Å²) in [5.41, 5.74) is 1.03. The third-order valence-corrected chi connectivity index (χ3v) is 2.04. The molecule has 0 spiro atoms. The van der Waals surface area contributed by atoms with Gasteiger partial charge in [0.25, 0.3) is 0 Å². The molecule has 0 saturated carbocycles. The Morgan fingerprint density at radius 1 is 0.938 bits per heavy atom. The van der Waals surface area contributed by atoms with Gasteiger partial charge in [-0.05, 0) is 46.2 Å². The fourth-order valence-electron chi connectivity index (χ4n) is 1.52. The highest BCUT2D eigenvalue weighted by molar-refractivity contribution is 5.49. The van der Waals surface area contributed by atoms with Crippen molar-refractivity contribution in [1.82, 2.24) is 0 Å². The first-order chi connectivity index (χ1) is 7.54. The standard InChI is InChI=1S/C14H21O2/c1-6-12-13(15-10(2)3)8-7-9-14(12)16-11(4)5/h6-11H,1-5H3. The lowest BCUT2D eigenvalue weighted by Gasteiger charge is -2.18. The summed E-state index contributed by atoms with van der Waals surface area (Å²) in [5.74, 6) is 1.77. The Kier molecular flexibility index (Phi) is 4.66. The van der Waals surface area contributed by atoms with Gasteiger partial charge in [0.05, 0.1) is 12.2 Å². The molecule has 1 aromatic rings. The SMILES string of the molecule is C[CH]c1c(OC(C)C)cccc1OC(C)C. The Labute approximate surface area is 98.6 Å². The number of rotatable bonds is 5. The van der Waals surface area contributed by atoms with Gasteiger partial charge in [-0.1, -0.05) is 13.0 Å². The van der Waals surface area contributed by atoms with Crippen molar-refractivity contribution in [1.29, 1.82) is 0 Å². The van der Waals surface area contributed by atoms with E-state index < -0.39 is 0 Å². The van der Waals surface area contributed by atoms with Gasteiger partial charge >= 0.3 is 0 Å². The third-order valence-electron chi connectivity index (χ3n) is 2.04. The predicted octanol–water partition coefficient (Wildman–Crippen LogP) is 3.83. The molecule has 2 heteroatoms. The van der Waals surface area contributed by atoms with Gasteiger partial charge in [-0.2, -0.15) is 0 Å². The summed E-state index contributed by atoms with van der Waals surface area (Å²) < 4.78 is 11.5. The molecule has 1 aromatic carbocycles. The van der Waals surface area contributed by atoms with Crippen molar-refractivity contribution < 1.29 is 9.47 Å². The van der Waals surface area contributed by atoms with Crippen LogP contribution < -0.4 is 9.47 Å². The van der Waals surface area contributed by atoms with Gasteiger partial charge in [0, 0.05) is 5.56 Å². The summed E-state index contributed by atoms with van der Waals surface area (Å²) in [5, 5.41) is 0. The fraction of sp³-hybridized carbons (Fsp3) is 0.500. The molecule has 0 aliphatic heterocycles. The maximum Gasteiger partial charge on any atom is 0.126 e. The molecule has 1 rings (SSSR count). The fourth-order valence-corrected chi connectivity index (χ4v) is 1.52. The minimum absolute atomic E-state index is 0.174. The average molecular weight is 221 g/mol. The molecular formula is C14H21O2. The largest absolute Gasteiger partial charge is 0.491 e. The van der Waals surface area contributed by atoms with Crippen molar-refractivity contribution in [2.24, 2.45) is 0 Å². The maximum absolute atomic E-state index is 5.75. The molecule has 2 nitrogen and oxygen atoms in total. The second-order valence-corrected chi connectivity index (χ2v) is 4.29. The van der Waals surface area contributed by atoms with Gasteiger partial charge < -0.3 is 9.47 Å². The lowest BCUT2D eigenvalue weighted by Crippen LogP contribution is -2.10. The van der Waals surface area contributed by atoms with Crippen LogP contribution in [0, 0.1) is 6.42 Å². The molecule has 0 aliphatic rings. The van der Waals surface area contributed by atoms with Crippen LogP contribution >= 0.6 is 0 Å². The topological polar surface area (TPSA) is 18.5 Å². The Hall–Kier alpha value is -1.18. The third kappa shape index (κ3) is 3.44. The Bertz CT molecular complexity index is 301. The first-order valence-electron chi connectivity index (χ1n) is 5.80. The number of hydrogen-bond acceptors (Lipinski definition) is 2. The molecule has 0 heterocycles. The average Bonchev–Trinajstić information content (AvgIpc) is 2.16. The van der Waals surface area contributed by atoms with Crippen molar-refractivity contribution in [3.05, 3.63) is 30.2 Å².